The number of nitrogens with two attached hydrogens (primary N) is 1. The van der Waals surface area contributed by atoms with E-state index in [9.17, 15) is 36.3 Å². The number of benzene rings is 3. The van der Waals surface area contributed by atoms with Crippen LogP contribution in [0.25, 0.3) is 11.1 Å². The van der Waals surface area contributed by atoms with Crippen LogP contribution in [0.2, 0.25) is 0 Å². The van der Waals surface area contributed by atoms with E-state index in [1.54, 1.807) is 6.07 Å². The smallest absolute Gasteiger partial charge is 0.478 e. The molecule has 6 N–H and O–H groups in total. The highest BCUT2D eigenvalue weighted by molar-refractivity contribution is 7.85. The van der Waals surface area contributed by atoms with E-state index >= 15 is 0 Å². The molecule has 3 aromatic carbocycles. The quantitative estimate of drug-likeness (QED) is 0.177. The van der Waals surface area contributed by atoms with E-state index in [0.29, 0.717) is 17.5 Å². The molecule has 14 heteroatoms. The summed E-state index contributed by atoms with van der Waals surface area (Å²) in [7, 11) is -3.67. The molecule has 0 atom stereocenters. The van der Waals surface area contributed by atoms with Crippen LogP contribution in [-0.2, 0) is 10.1 Å². The fourth-order valence-corrected chi connectivity index (χ4v) is 2.98. The van der Waals surface area contributed by atoms with Crippen molar-refractivity contribution in [1.82, 2.24) is 0 Å². The van der Waals surface area contributed by atoms with Crippen LogP contribution in [-0.4, -0.2) is 48.4 Å². The number of amidine groups is 1. The second kappa shape index (κ2) is 11.5. The fourth-order valence-electron chi connectivity index (χ4n) is 2.98. The summed E-state index contributed by atoms with van der Waals surface area (Å²) in [5.74, 6) is -2.86. The number of carboxylic acids is 1. The molecule has 10 nitrogen and oxygen atoms in total. The number of hydrogen-bond acceptors (Lipinski definition) is 6. The van der Waals surface area contributed by atoms with Gasteiger partial charge in [0.05, 0.1) is 17.4 Å². The van der Waals surface area contributed by atoms with Gasteiger partial charge in [-0.05, 0) is 59.7 Å². The van der Waals surface area contributed by atoms with Crippen LogP contribution < -0.4 is 15.8 Å². The van der Waals surface area contributed by atoms with E-state index < -0.39 is 34.1 Å². The number of hydrogen-bond donors (Lipinski definition) is 5. The largest absolute Gasteiger partial charge is 0.573 e. The normalized spacial score (nSPS) is 11.1. The molecule has 3 aromatic rings. The minimum atomic E-state index is -4.98. The average Bonchev–Trinajstić information content (AvgIpc) is 2.77. The van der Waals surface area contributed by atoms with E-state index in [4.69, 9.17) is 15.7 Å². The van der Waals surface area contributed by atoms with E-state index in [0.717, 1.165) is 12.1 Å². The maximum absolute atomic E-state index is 13.0. The first kappa shape index (κ1) is 28.8. The van der Waals surface area contributed by atoms with Crippen LogP contribution in [0.5, 0.6) is 5.75 Å². The van der Waals surface area contributed by atoms with Crippen molar-refractivity contribution < 1.29 is 45.6 Å². The summed E-state index contributed by atoms with van der Waals surface area (Å²) in [5.41, 5.74) is 6.00. The van der Waals surface area contributed by atoms with E-state index in [2.05, 4.69) is 10.1 Å². The third-order valence-electron chi connectivity index (χ3n) is 4.37. The minimum Gasteiger partial charge on any atom is -0.478 e. The van der Waals surface area contributed by atoms with Gasteiger partial charge in [0.2, 0.25) is 0 Å². The van der Waals surface area contributed by atoms with Gasteiger partial charge < -0.3 is 20.9 Å². The molecule has 0 radical (unpaired) electrons. The van der Waals surface area contributed by atoms with E-state index in [1.165, 1.54) is 48.5 Å². The third kappa shape index (κ3) is 9.27. The highest BCUT2D eigenvalue weighted by atomic mass is 32.2. The Hall–Kier alpha value is -4.43. The van der Waals surface area contributed by atoms with Crippen molar-refractivity contribution in [3.63, 3.8) is 0 Å². The molecular weight excluding hydrogens is 519 g/mol. The SMILES string of the molecule is CS(=O)(=O)O.N=C(N)c1ccc(NC(=O)c2cc(OC(F)(F)F)ccc2-c2ccccc2C(=O)O)cc1. The number of anilines is 1. The zero-order valence-electron chi connectivity index (χ0n) is 18.9. The molecule has 0 bridgehead atoms. The number of carboxylic acid groups (broad SMARTS) is 1. The fraction of sp³-hybridized carbons (Fsp3) is 0.0870. The monoisotopic (exact) mass is 539 g/mol. The molecule has 0 spiro atoms. The lowest BCUT2D eigenvalue weighted by Gasteiger charge is -2.15. The summed E-state index contributed by atoms with van der Waals surface area (Å²) in [6.45, 7) is 0. The number of rotatable bonds is 6. The molecule has 1 amide bonds. The zero-order valence-corrected chi connectivity index (χ0v) is 19.7. The van der Waals surface area contributed by atoms with Crippen LogP contribution in [0, 0.1) is 5.41 Å². The molecular formula is C23H20F3N3O7S. The van der Waals surface area contributed by atoms with Gasteiger partial charge >= 0.3 is 12.3 Å². The summed E-state index contributed by atoms with van der Waals surface area (Å²) in [5, 5.41) is 19.4. The van der Waals surface area contributed by atoms with Crippen molar-refractivity contribution in [2.24, 2.45) is 5.73 Å². The molecule has 0 fully saturated rings. The first-order valence-electron chi connectivity index (χ1n) is 9.96. The molecule has 3 rings (SSSR count). The molecule has 37 heavy (non-hydrogen) atoms. The van der Waals surface area contributed by atoms with Crippen LogP contribution in [0.3, 0.4) is 0 Å². The number of carbonyl (C=O) groups is 2. The molecule has 0 aliphatic carbocycles. The van der Waals surface area contributed by atoms with Crippen molar-refractivity contribution in [1.29, 1.82) is 5.41 Å². The van der Waals surface area contributed by atoms with Crippen molar-refractivity contribution >= 4 is 33.5 Å². The molecule has 0 aromatic heterocycles. The van der Waals surface area contributed by atoms with E-state index in [1.807, 2.05) is 0 Å². The average molecular weight is 539 g/mol. The topological polar surface area (TPSA) is 180 Å². The van der Waals surface area contributed by atoms with Gasteiger partial charge in [-0.2, -0.15) is 8.42 Å². The Labute approximate surface area is 208 Å². The number of amides is 1. The number of nitrogens with one attached hydrogen (secondary N) is 2. The van der Waals surface area contributed by atoms with Gasteiger partial charge in [0.25, 0.3) is 16.0 Å². The summed E-state index contributed by atoms with van der Waals surface area (Å²) < 4.78 is 67.9. The zero-order chi connectivity index (χ0) is 28.0. The highest BCUT2D eigenvalue weighted by Gasteiger charge is 2.32. The van der Waals surface area contributed by atoms with Crippen molar-refractivity contribution in [3.05, 3.63) is 83.4 Å². The molecule has 196 valence electrons. The second-order valence-electron chi connectivity index (χ2n) is 7.28. The summed E-state index contributed by atoms with van der Waals surface area (Å²) in [6.07, 6.45) is -4.26. The predicted molar refractivity (Wildman–Crippen MR) is 128 cm³/mol. The van der Waals surface area contributed by atoms with Crippen LogP contribution in [0.1, 0.15) is 26.3 Å². The van der Waals surface area contributed by atoms with Crippen molar-refractivity contribution in [3.8, 4) is 16.9 Å². The Morgan fingerprint density at radius 1 is 0.973 bits per heavy atom. The van der Waals surface area contributed by atoms with Gasteiger partial charge in [-0.15, -0.1) is 13.2 Å². The van der Waals surface area contributed by atoms with Crippen molar-refractivity contribution in [2.75, 3.05) is 11.6 Å². The molecule has 0 saturated heterocycles. The Morgan fingerprint density at radius 3 is 2.03 bits per heavy atom. The number of carbonyl (C=O) groups excluding carboxylic acids is 1. The maximum Gasteiger partial charge on any atom is 0.573 e. The molecule has 0 aliphatic heterocycles. The summed E-state index contributed by atoms with van der Waals surface area (Å²) in [4.78, 5) is 24.6. The highest BCUT2D eigenvalue weighted by Crippen LogP contribution is 2.33. The molecule has 0 heterocycles. The Morgan fingerprint density at radius 2 is 1.51 bits per heavy atom. The standard InChI is InChI=1S/C22H16F3N3O4.CH4O3S/c23-22(24,25)32-14-9-10-16(15-3-1-2-4-17(15)21(30)31)18(11-14)20(29)28-13-7-5-12(6-8-13)19(26)27;1-5(2,3)4/h1-11H,(H3,26,27)(H,28,29)(H,30,31);1H3,(H,2,3,4). The lowest BCUT2D eigenvalue weighted by Crippen LogP contribution is -2.19. The number of aromatic carboxylic acids is 1. The Kier molecular flexibility index (Phi) is 8.98. The van der Waals surface area contributed by atoms with Gasteiger partial charge in [-0.1, -0.05) is 18.2 Å². The van der Waals surface area contributed by atoms with E-state index in [-0.39, 0.29) is 28.1 Å². The number of halogens is 3. The van der Waals surface area contributed by atoms with Crippen molar-refractivity contribution in [2.45, 2.75) is 6.36 Å². The number of nitrogen functional groups attached to an aromatic ring is 1. The van der Waals surface area contributed by atoms with Gasteiger partial charge in [0.15, 0.2) is 0 Å². The summed E-state index contributed by atoms with van der Waals surface area (Å²) in [6, 6.07) is 14.8. The number of alkyl halides is 3. The Balaban J connectivity index is 0.000000877. The first-order valence-corrected chi connectivity index (χ1v) is 11.8. The predicted octanol–water partition coefficient (Wildman–Crippen LogP) is 3.99. The lowest BCUT2D eigenvalue weighted by atomic mass is 9.94. The maximum atomic E-state index is 13.0. The van der Waals surface area contributed by atoms with Gasteiger partial charge in [-0.25, -0.2) is 4.79 Å². The molecule has 0 saturated carbocycles. The van der Waals surface area contributed by atoms with Crippen LogP contribution in [0.4, 0.5) is 18.9 Å². The Bertz CT molecular complexity index is 1420. The van der Waals surface area contributed by atoms with Gasteiger partial charge in [0, 0.05) is 11.3 Å². The summed E-state index contributed by atoms with van der Waals surface area (Å²) >= 11 is 0. The number of ether oxygens (including phenoxy) is 1. The van der Waals surface area contributed by atoms with Crippen LogP contribution >= 0.6 is 0 Å². The molecule has 0 aliphatic rings. The third-order valence-corrected chi connectivity index (χ3v) is 4.37. The van der Waals surface area contributed by atoms with Gasteiger partial charge in [0.1, 0.15) is 11.6 Å². The van der Waals surface area contributed by atoms with Gasteiger partial charge in [-0.3, -0.25) is 14.8 Å². The lowest BCUT2D eigenvalue weighted by molar-refractivity contribution is -0.274. The first-order chi connectivity index (χ1) is 17.0. The van der Waals surface area contributed by atoms with Crippen LogP contribution in [0.15, 0.2) is 66.7 Å². The second-order valence-corrected chi connectivity index (χ2v) is 8.75. The minimum absolute atomic E-state index is 0.107. The molecule has 0 unspecified atom stereocenters.